The minimum atomic E-state index is 0.684. The van der Waals surface area contributed by atoms with Gasteiger partial charge in [-0.1, -0.05) is 19.0 Å². The highest BCUT2D eigenvalue weighted by atomic mass is 79.9. The van der Waals surface area contributed by atoms with Crippen molar-refractivity contribution in [1.82, 2.24) is 19.9 Å². The summed E-state index contributed by atoms with van der Waals surface area (Å²) >= 11 is 5.07. The zero-order valence-corrected chi connectivity index (χ0v) is 15.4. The molecule has 2 aromatic heterocycles. The van der Waals surface area contributed by atoms with Crippen molar-refractivity contribution in [2.45, 2.75) is 20.4 Å². The molecule has 5 nitrogen and oxygen atoms in total. The van der Waals surface area contributed by atoms with Crippen LogP contribution in [-0.2, 0) is 6.54 Å². The normalized spacial score (nSPS) is 17.5. The van der Waals surface area contributed by atoms with Crippen molar-refractivity contribution in [2.75, 3.05) is 32.7 Å². The quantitative estimate of drug-likeness (QED) is 0.790. The summed E-state index contributed by atoms with van der Waals surface area (Å²) in [4.78, 5) is 10.5. The second-order valence-corrected chi connectivity index (χ2v) is 7.94. The number of rotatable bonds is 5. The minimum Gasteiger partial charge on any atom is -0.338 e. The summed E-state index contributed by atoms with van der Waals surface area (Å²) in [5.74, 6) is 2.12. The monoisotopic (exact) mass is 384 g/mol. The van der Waals surface area contributed by atoms with Crippen LogP contribution >= 0.6 is 27.3 Å². The van der Waals surface area contributed by atoms with Crippen molar-refractivity contribution in [3.05, 3.63) is 21.8 Å². The molecule has 0 atom stereocenters. The first-order valence-corrected chi connectivity index (χ1v) is 9.29. The van der Waals surface area contributed by atoms with Crippen LogP contribution in [0.25, 0.3) is 10.7 Å². The Hall–Kier alpha value is -0.760. The number of thiophene rings is 1. The topological polar surface area (TPSA) is 45.4 Å². The van der Waals surface area contributed by atoms with E-state index in [-0.39, 0.29) is 0 Å². The zero-order valence-electron chi connectivity index (χ0n) is 13.0. The Kier molecular flexibility index (Phi) is 5.28. The molecule has 1 aliphatic rings. The Morgan fingerprint density at radius 2 is 2.00 bits per heavy atom. The first kappa shape index (κ1) is 16.1. The fourth-order valence-corrected chi connectivity index (χ4v) is 4.04. The van der Waals surface area contributed by atoms with Crippen molar-refractivity contribution in [1.29, 1.82) is 0 Å². The highest BCUT2D eigenvalue weighted by Crippen LogP contribution is 2.27. The molecule has 22 heavy (non-hydrogen) atoms. The van der Waals surface area contributed by atoms with Gasteiger partial charge in [0.1, 0.15) is 0 Å². The molecule has 0 amide bonds. The van der Waals surface area contributed by atoms with Gasteiger partial charge in [0.15, 0.2) is 0 Å². The molecule has 3 heterocycles. The maximum absolute atomic E-state index is 5.40. The van der Waals surface area contributed by atoms with E-state index in [4.69, 9.17) is 4.52 Å². The standard InChI is InChI=1S/C15H21BrN4OS/c1-11(2)8-19-3-5-20(6-4-19)9-14-17-15(18-21-14)13-7-12(16)10-22-13/h7,10-11H,3-6,8-9H2,1-2H3. The minimum absolute atomic E-state index is 0.684. The first-order chi connectivity index (χ1) is 10.6. The van der Waals surface area contributed by atoms with E-state index in [0.29, 0.717) is 11.7 Å². The van der Waals surface area contributed by atoms with Crippen molar-refractivity contribution < 1.29 is 4.52 Å². The van der Waals surface area contributed by atoms with E-state index < -0.39 is 0 Å². The third kappa shape index (κ3) is 4.16. The number of aromatic nitrogens is 2. The summed E-state index contributed by atoms with van der Waals surface area (Å²) < 4.78 is 6.45. The van der Waals surface area contributed by atoms with Crippen molar-refractivity contribution in [2.24, 2.45) is 5.92 Å². The molecule has 0 radical (unpaired) electrons. The van der Waals surface area contributed by atoms with Gasteiger partial charge in [0.25, 0.3) is 0 Å². The molecular weight excluding hydrogens is 364 g/mol. The molecule has 1 saturated heterocycles. The highest BCUT2D eigenvalue weighted by Gasteiger charge is 2.20. The number of piperazine rings is 1. The van der Waals surface area contributed by atoms with Crippen LogP contribution in [0.15, 0.2) is 20.4 Å². The Morgan fingerprint density at radius 3 is 2.64 bits per heavy atom. The molecule has 1 aliphatic heterocycles. The van der Waals surface area contributed by atoms with Gasteiger partial charge in [-0.05, 0) is 27.9 Å². The van der Waals surface area contributed by atoms with Crippen LogP contribution in [0.5, 0.6) is 0 Å². The van der Waals surface area contributed by atoms with Crippen LogP contribution in [0.4, 0.5) is 0 Å². The number of nitrogens with zero attached hydrogens (tertiary/aromatic N) is 4. The van der Waals surface area contributed by atoms with E-state index in [2.05, 4.69) is 49.7 Å². The predicted molar refractivity (Wildman–Crippen MR) is 91.9 cm³/mol. The Balaban J connectivity index is 1.53. The van der Waals surface area contributed by atoms with Crippen LogP contribution in [0.2, 0.25) is 0 Å². The molecular formula is C15H21BrN4OS. The maximum Gasteiger partial charge on any atom is 0.241 e. The maximum atomic E-state index is 5.40. The van der Waals surface area contributed by atoms with Gasteiger partial charge in [-0.15, -0.1) is 11.3 Å². The lowest BCUT2D eigenvalue weighted by molar-refractivity contribution is 0.108. The second kappa shape index (κ2) is 7.21. The summed E-state index contributed by atoms with van der Waals surface area (Å²) in [7, 11) is 0. The average molecular weight is 385 g/mol. The van der Waals surface area contributed by atoms with E-state index in [1.54, 1.807) is 11.3 Å². The van der Waals surface area contributed by atoms with Gasteiger partial charge in [-0.3, -0.25) is 4.90 Å². The van der Waals surface area contributed by atoms with Crippen molar-refractivity contribution in [3.63, 3.8) is 0 Å². The molecule has 0 unspecified atom stereocenters. The molecule has 7 heteroatoms. The van der Waals surface area contributed by atoms with Crippen molar-refractivity contribution in [3.8, 4) is 10.7 Å². The Labute approximate surface area is 143 Å². The summed E-state index contributed by atoms with van der Waals surface area (Å²) in [6, 6.07) is 2.02. The number of hydrogen-bond donors (Lipinski definition) is 0. The smallest absolute Gasteiger partial charge is 0.241 e. The van der Waals surface area contributed by atoms with E-state index in [1.807, 2.05) is 11.4 Å². The molecule has 0 spiro atoms. The number of hydrogen-bond acceptors (Lipinski definition) is 6. The lowest BCUT2D eigenvalue weighted by Gasteiger charge is -2.34. The fourth-order valence-electron chi connectivity index (χ4n) is 2.69. The van der Waals surface area contributed by atoms with Gasteiger partial charge in [-0.2, -0.15) is 4.98 Å². The first-order valence-electron chi connectivity index (χ1n) is 7.62. The van der Waals surface area contributed by atoms with Gasteiger partial charge in [0.2, 0.25) is 11.7 Å². The van der Waals surface area contributed by atoms with Gasteiger partial charge < -0.3 is 9.42 Å². The predicted octanol–water partition coefficient (Wildman–Crippen LogP) is 3.33. The molecule has 120 valence electrons. The summed E-state index contributed by atoms with van der Waals surface area (Å²) in [5.41, 5.74) is 0. The molecule has 0 aliphatic carbocycles. The van der Waals surface area contributed by atoms with Gasteiger partial charge in [-0.25, -0.2) is 0 Å². The van der Waals surface area contributed by atoms with Gasteiger partial charge >= 0.3 is 0 Å². The highest BCUT2D eigenvalue weighted by molar-refractivity contribution is 9.10. The zero-order chi connectivity index (χ0) is 15.5. The average Bonchev–Trinajstić information content (AvgIpc) is 3.09. The van der Waals surface area contributed by atoms with Crippen LogP contribution in [0, 0.1) is 5.92 Å². The molecule has 0 bridgehead atoms. The molecule has 0 N–H and O–H groups in total. The molecule has 1 fully saturated rings. The van der Waals surface area contributed by atoms with Gasteiger partial charge in [0, 0.05) is 42.6 Å². The summed E-state index contributed by atoms with van der Waals surface area (Å²) in [6.07, 6.45) is 0. The number of halogens is 1. The second-order valence-electron chi connectivity index (χ2n) is 6.11. The summed E-state index contributed by atoms with van der Waals surface area (Å²) in [6.45, 7) is 10.9. The molecule has 0 aromatic carbocycles. The largest absolute Gasteiger partial charge is 0.338 e. The lowest BCUT2D eigenvalue weighted by atomic mass is 10.2. The van der Waals surface area contributed by atoms with E-state index >= 15 is 0 Å². The third-order valence-corrected chi connectivity index (χ3v) is 5.39. The van der Waals surface area contributed by atoms with Crippen LogP contribution in [-0.4, -0.2) is 52.7 Å². The van der Waals surface area contributed by atoms with E-state index in [0.717, 1.165) is 48.0 Å². The van der Waals surface area contributed by atoms with E-state index in [9.17, 15) is 0 Å². The Bertz CT molecular complexity index is 604. The van der Waals surface area contributed by atoms with E-state index in [1.165, 1.54) is 6.54 Å². The molecule has 2 aromatic rings. The lowest BCUT2D eigenvalue weighted by Crippen LogP contribution is -2.46. The summed E-state index contributed by atoms with van der Waals surface area (Å²) in [5, 5.41) is 6.11. The van der Waals surface area contributed by atoms with Gasteiger partial charge in [0.05, 0.1) is 11.4 Å². The van der Waals surface area contributed by atoms with Crippen LogP contribution in [0.1, 0.15) is 19.7 Å². The van der Waals surface area contributed by atoms with Crippen LogP contribution < -0.4 is 0 Å². The molecule has 0 saturated carbocycles. The Morgan fingerprint density at radius 1 is 1.27 bits per heavy atom. The third-order valence-electron chi connectivity index (χ3n) is 3.70. The SMILES string of the molecule is CC(C)CN1CCN(Cc2nc(-c3cc(Br)cs3)no2)CC1. The van der Waals surface area contributed by atoms with Crippen molar-refractivity contribution >= 4 is 27.3 Å². The fraction of sp³-hybridized carbons (Fsp3) is 0.600. The molecule has 3 rings (SSSR count). The van der Waals surface area contributed by atoms with Crippen LogP contribution in [0.3, 0.4) is 0 Å².